The van der Waals surface area contributed by atoms with Crippen LogP contribution in [0.25, 0.3) is 0 Å². The minimum absolute atomic E-state index is 0.537. The van der Waals surface area contributed by atoms with E-state index in [1.807, 2.05) is 0 Å². The van der Waals surface area contributed by atoms with Crippen LogP contribution in [0, 0.1) is 5.92 Å². The van der Waals surface area contributed by atoms with Gasteiger partial charge in [0.05, 0.1) is 0 Å². The van der Waals surface area contributed by atoms with E-state index in [0.717, 1.165) is 12.0 Å². The Kier molecular flexibility index (Phi) is 0.813. The minimum atomic E-state index is 0.537. The Bertz CT molecular complexity index is 398. The van der Waals surface area contributed by atoms with Crippen molar-refractivity contribution in [2.24, 2.45) is 5.92 Å². The van der Waals surface area contributed by atoms with Gasteiger partial charge in [-0.15, -0.1) is 0 Å². The molecule has 2 fully saturated rings. The van der Waals surface area contributed by atoms with Crippen LogP contribution in [0.4, 0.5) is 5.69 Å². The largest absolute Gasteiger partial charge is 0.367 e. The highest BCUT2D eigenvalue weighted by atomic mass is 15.3. The monoisotopic (exact) mass is 171 g/mol. The van der Waals surface area contributed by atoms with E-state index >= 15 is 0 Å². The van der Waals surface area contributed by atoms with Gasteiger partial charge in [0.25, 0.3) is 0 Å². The smallest absolute Gasteiger partial charge is 0.0426 e. The molecule has 0 spiro atoms. The van der Waals surface area contributed by atoms with Crippen molar-refractivity contribution in [1.82, 2.24) is 0 Å². The number of para-hydroxylation sites is 1. The quantitative estimate of drug-likeness (QED) is 0.578. The lowest BCUT2D eigenvalue weighted by Gasteiger charge is -2.15. The topological polar surface area (TPSA) is 3.24 Å². The van der Waals surface area contributed by atoms with Crippen molar-refractivity contribution in [3.63, 3.8) is 0 Å². The maximum absolute atomic E-state index is 2.62. The SMILES string of the molecule is C[C@@]12c3ccccc3N3CC[C@@H]1[C@H]32. The number of hydrogen-bond donors (Lipinski definition) is 0. The predicted molar refractivity (Wildman–Crippen MR) is 53.0 cm³/mol. The molecule has 2 aliphatic heterocycles. The van der Waals surface area contributed by atoms with Gasteiger partial charge in [-0.1, -0.05) is 25.1 Å². The second-order valence-electron chi connectivity index (χ2n) is 4.83. The highest BCUT2D eigenvalue weighted by Crippen LogP contribution is 2.69. The van der Waals surface area contributed by atoms with E-state index in [2.05, 4.69) is 36.1 Å². The summed E-state index contributed by atoms with van der Waals surface area (Å²) in [6.45, 7) is 3.74. The van der Waals surface area contributed by atoms with Gasteiger partial charge in [-0.25, -0.2) is 0 Å². The van der Waals surface area contributed by atoms with Crippen LogP contribution in [0.3, 0.4) is 0 Å². The fourth-order valence-corrected chi connectivity index (χ4v) is 3.80. The average Bonchev–Trinajstić information content (AvgIpc) is 2.55. The van der Waals surface area contributed by atoms with E-state index < -0.39 is 0 Å². The van der Waals surface area contributed by atoms with Crippen LogP contribution in [0.15, 0.2) is 24.3 Å². The molecule has 0 aromatic heterocycles. The van der Waals surface area contributed by atoms with Crippen LogP contribution in [-0.2, 0) is 5.41 Å². The number of anilines is 1. The number of hydrogen-bond acceptors (Lipinski definition) is 1. The van der Waals surface area contributed by atoms with Gasteiger partial charge in [-0.3, -0.25) is 0 Å². The van der Waals surface area contributed by atoms with Gasteiger partial charge in [-0.05, 0) is 24.0 Å². The molecule has 0 unspecified atom stereocenters. The van der Waals surface area contributed by atoms with Crippen molar-refractivity contribution >= 4 is 5.69 Å². The summed E-state index contributed by atoms with van der Waals surface area (Å²) in [5, 5.41) is 0. The van der Waals surface area contributed by atoms with Crippen molar-refractivity contribution in [3.8, 4) is 0 Å². The Morgan fingerprint density at radius 1 is 1.38 bits per heavy atom. The first-order valence-electron chi connectivity index (χ1n) is 5.19. The molecule has 3 atom stereocenters. The van der Waals surface area contributed by atoms with Crippen LogP contribution >= 0.6 is 0 Å². The Morgan fingerprint density at radius 3 is 3.15 bits per heavy atom. The zero-order valence-electron chi connectivity index (χ0n) is 7.83. The van der Waals surface area contributed by atoms with Gasteiger partial charge in [0.15, 0.2) is 0 Å². The summed E-state index contributed by atoms with van der Waals surface area (Å²) in [6, 6.07) is 9.83. The molecule has 1 aliphatic carbocycles. The minimum Gasteiger partial charge on any atom is -0.367 e. The Balaban J connectivity index is 2.04. The number of nitrogens with zero attached hydrogens (tertiary/aromatic N) is 1. The lowest BCUT2D eigenvalue weighted by Crippen LogP contribution is -2.21. The van der Waals surface area contributed by atoms with E-state index in [-0.39, 0.29) is 0 Å². The highest BCUT2D eigenvalue weighted by molar-refractivity contribution is 5.72. The lowest BCUT2D eigenvalue weighted by molar-refractivity contribution is 0.626. The summed E-state index contributed by atoms with van der Waals surface area (Å²) in [6.07, 6.45) is 1.41. The molecule has 13 heavy (non-hydrogen) atoms. The number of fused-ring (bicyclic) bond motifs is 4. The molecule has 2 heterocycles. The van der Waals surface area contributed by atoms with Crippen molar-refractivity contribution in [2.75, 3.05) is 11.4 Å². The highest BCUT2D eigenvalue weighted by Gasteiger charge is 2.71. The molecule has 4 rings (SSSR count). The fourth-order valence-electron chi connectivity index (χ4n) is 3.80. The van der Waals surface area contributed by atoms with Crippen molar-refractivity contribution < 1.29 is 0 Å². The van der Waals surface area contributed by atoms with Gasteiger partial charge < -0.3 is 4.90 Å². The average molecular weight is 171 g/mol. The maximum atomic E-state index is 2.62. The molecule has 0 N–H and O–H groups in total. The fraction of sp³-hybridized carbons (Fsp3) is 0.500. The summed E-state index contributed by atoms with van der Waals surface area (Å²) in [5.41, 5.74) is 3.67. The van der Waals surface area contributed by atoms with Gasteiger partial charge >= 0.3 is 0 Å². The van der Waals surface area contributed by atoms with Gasteiger partial charge in [0.2, 0.25) is 0 Å². The summed E-state index contributed by atoms with van der Waals surface area (Å²) in [7, 11) is 0. The summed E-state index contributed by atoms with van der Waals surface area (Å²) in [5.74, 6) is 0.974. The summed E-state index contributed by atoms with van der Waals surface area (Å²) in [4.78, 5) is 2.62. The first-order chi connectivity index (χ1) is 6.33. The molecule has 3 aliphatic rings. The zero-order valence-corrected chi connectivity index (χ0v) is 7.83. The third-order valence-corrected chi connectivity index (χ3v) is 4.47. The third kappa shape index (κ3) is 0.484. The molecule has 1 saturated heterocycles. The van der Waals surface area contributed by atoms with Crippen LogP contribution < -0.4 is 4.90 Å². The second kappa shape index (κ2) is 1.63. The van der Waals surface area contributed by atoms with Crippen LogP contribution in [0.1, 0.15) is 18.9 Å². The first kappa shape index (κ1) is 6.47. The second-order valence-corrected chi connectivity index (χ2v) is 4.83. The normalized spacial score (nSPS) is 43.3. The number of rotatable bonds is 0. The number of benzene rings is 1. The molecule has 1 aromatic carbocycles. The molecule has 66 valence electrons. The van der Waals surface area contributed by atoms with Crippen molar-refractivity contribution in [1.29, 1.82) is 0 Å². The van der Waals surface area contributed by atoms with Crippen LogP contribution in [-0.4, -0.2) is 12.6 Å². The molecule has 1 aromatic rings. The summed E-state index contributed by atoms with van der Waals surface area (Å²) >= 11 is 0. The van der Waals surface area contributed by atoms with Gasteiger partial charge in [-0.2, -0.15) is 0 Å². The van der Waals surface area contributed by atoms with E-state index in [4.69, 9.17) is 0 Å². The molecule has 1 saturated carbocycles. The Morgan fingerprint density at radius 2 is 2.23 bits per heavy atom. The Labute approximate surface area is 78.4 Å². The van der Waals surface area contributed by atoms with E-state index in [0.29, 0.717) is 5.41 Å². The zero-order chi connectivity index (χ0) is 8.63. The van der Waals surface area contributed by atoms with Crippen LogP contribution in [0.2, 0.25) is 0 Å². The molecule has 0 amide bonds. The third-order valence-electron chi connectivity index (χ3n) is 4.47. The standard InChI is InChI=1S/C12H13N/c1-12-8-4-2-3-5-10(8)13-7-6-9(12)11(12)13/h2-5,9,11H,6-7H2,1H3/t9-,11+,12-/m1/s1. The molecular formula is C12H13N. The molecule has 0 radical (unpaired) electrons. The van der Waals surface area contributed by atoms with Gasteiger partial charge in [0.1, 0.15) is 0 Å². The van der Waals surface area contributed by atoms with Crippen molar-refractivity contribution in [3.05, 3.63) is 29.8 Å². The molecule has 1 heteroatoms. The molecular weight excluding hydrogens is 158 g/mol. The maximum Gasteiger partial charge on any atom is 0.0426 e. The molecule has 0 bridgehead atoms. The molecule has 1 nitrogen and oxygen atoms in total. The van der Waals surface area contributed by atoms with E-state index in [9.17, 15) is 0 Å². The van der Waals surface area contributed by atoms with E-state index in [1.54, 1.807) is 5.56 Å². The van der Waals surface area contributed by atoms with E-state index in [1.165, 1.54) is 18.7 Å². The van der Waals surface area contributed by atoms with Crippen LogP contribution in [0.5, 0.6) is 0 Å². The first-order valence-corrected chi connectivity index (χ1v) is 5.19. The van der Waals surface area contributed by atoms with Gasteiger partial charge in [0, 0.05) is 23.7 Å². The number of piperidine rings is 1. The van der Waals surface area contributed by atoms with Crippen molar-refractivity contribution in [2.45, 2.75) is 24.8 Å². The Hall–Kier alpha value is -0.980. The summed E-state index contributed by atoms with van der Waals surface area (Å²) < 4.78 is 0. The lowest BCUT2D eigenvalue weighted by atomic mass is 9.95. The predicted octanol–water partition coefficient (Wildman–Crippen LogP) is 2.17.